The van der Waals surface area contributed by atoms with Crippen molar-refractivity contribution in [3.05, 3.63) is 60.8 Å². The molecular formula is C45H79O8P. The van der Waals surface area contributed by atoms with Crippen molar-refractivity contribution in [3.8, 4) is 0 Å². The van der Waals surface area contributed by atoms with Gasteiger partial charge in [-0.1, -0.05) is 158 Å². The van der Waals surface area contributed by atoms with Gasteiger partial charge in [0.2, 0.25) is 0 Å². The fourth-order valence-electron chi connectivity index (χ4n) is 5.76. The molecule has 0 aliphatic heterocycles. The van der Waals surface area contributed by atoms with E-state index in [0.29, 0.717) is 12.8 Å². The second kappa shape index (κ2) is 40.4. The molecule has 9 heteroatoms. The second-order valence-corrected chi connectivity index (χ2v) is 15.5. The van der Waals surface area contributed by atoms with E-state index in [2.05, 4.69) is 79.1 Å². The molecule has 0 aliphatic rings. The lowest BCUT2D eigenvalue weighted by atomic mass is 10.1. The summed E-state index contributed by atoms with van der Waals surface area (Å²) < 4.78 is 26.4. The van der Waals surface area contributed by atoms with Gasteiger partial charge in [0.1, 0.15) is 6.61 Å². The third-order valence-corrected chi connectivity index (χ3v) is 9.49. The lowest BCUT2D eigenvalue weighted by molar-refractivity contribution is -0.161. The van der Waals surface area contributed by atoms with Gasteiger partial charge in [-0.15, -0.1) is 0 Å². The van der Waals surface area contributed by atoms with E-state index in [4.69, 9.17) is 19.3 Å². The number of phosphoric acid groups is 1. The summed E-state index contributed by atoms with van der Waals surface area (Å²) in [4.78, 5) is 42.9. The molecule has 54 heavy (non-hydrogen) atoms. The van der Waals surface area contributed by atoms with Crippen LogP contribution in [0.15, 0.2) is 60.8 Å². The summed E-state index contributed by atoms with van der Waals surface area (Å²) in [5.74, 6) is -0.916. The summed E-state index contributed by atoms with van der Waals surface area (Å²) in [5, 5.41) is 0. The first kappa shape index (κ1) is 51.8. The van der Waals surface area contributed by atoms with Crippen LogP contribution in [-0.2, 0) is 28.2 Å². The van der Waals surface area contributed by atoms with Gasteiger partial charge in [0.05, 0.1) is 6.61 Å². The van der Waals surface area contributed by atoms with Crippen molar-refractivity contribution in [1.82, 2.24) is 0 Å². The predicted molar refractivity (Wildman–Crippen MR) is 225 cm³/mol. The Morgan fingerprint density at radius 1 is 0.481 bits per heavy atom. The van der Waals surface area contributed by atoms with Crippen LogP contribution in [0, 0.1) is 0 Å². The molecule has 0 saturated carbocycles. The van der Waals surface area contributed by atoms with Gasteiger partial charge in [0, 0.05) is 12.8 Å². The highest BCUT2D eigenvalue weighted by atomic mass is 31.2. The SMILES string of the molecule is CCCCC/C=C/C/C=C/C/C=C/CCCCCCC(=O)O[C@H](COC(=O)CCCCCCCCCCC/C=C/C/C=C/CCCCC)COP(=O)(O)O. The lowest BCUT2D eigenvalue weighted by Gasteiger charge is -2.18. The van der Waals surface area contributed by atoms with Crippen molar-refractivity contribution in [2.75, 3.05) is 13.2 Å². The molecule has 0 bridgehead atoms. The van der Waals surface area contributed by atoms with Gasteiger partial charge in [-0.3, -0.25) is 14.1 Å². The van der Waals surface area contributed by atoms with Crippen molar-refractivity contribution in [2.45, 2.75) is 200 Å². The van der Waals surface area contributed by atoms with Crippen LogP contribution in [0.2, 0.25) is 0 Å². The Balaban J connectivity index is 3.96. The van der Waals surface area contributed by atoms with E-state index in [0.717, 1.165) is 70.6 Å². The molecule has 8 nitrogen and oxygen atoms in total. The van der Waals surface area contributed by atoms with E-state index < -0.39 is 32.5 Å². The molecule has 0 spiro atoms. The molecule has 0 unspecified atom stereocenters. The highest BCUT2D eigenvalue weighted by Crippen LogP contribution is 2.36. The Labute approximate surface area is 330 Å². The molecule has 0 fully saturated rings. The number of unbranched alkanes of at least 4 members (excludes halogenated alkanes) is 19. The van der Waals surface area contributed by atoms with Crippen LogP contribution in [0.4, 0.5) is 0 Å². The largest absolute Gasteiger partial charge is 0.469 e. The van der Waals surface area contributed by atoms with Gasteiger partial charge < -0.3 is 19.3 Å². The van der Waals surface area contributed by atoms with Crippen molar-refractivity contribution in [1.29, 1.82) is 0 Å². The normalized spacial score (nSPS) is 13.0. The van der Waals surface area contributed by atoms with Crippen LogP contribution in [0.1, 0.15) is 194 Å². The zero-order valence-corrected chi connectivity index (χ0v) is 35.2. The minimum Gasteiger partial charge on any atom is -0.462 e. The van der Waals surface area contributed by atoms with Crippen LogP contribution in [0.5, 0.6) is 0 Å². The number of rotatable bonds is 39. The minimum atomic E-state index is -4.76. The lowest BCUT2D eigenvalue weighted by Crippen LogP contribution is -2.29. The summed E-state index contributed by atoms with van der Waals surface area (Å²) in [7, 11) is -4.76. The monoisotopic (exact) mass is 779 g/mol. The third-order valence-electron chi connectivity index (χ3n) is 9.01. The average molecular weight is 779 g/mol. The molecule has 0 aromatic rings. The van der Waals surface area contributed by atoms with Gasteiger partial charge >= 0.3 is 19.8 Å². The first-order valence-corrected chi connectivity index (χ1v) is 23.1. The van der Waals surface area contributed by atoms with Crippen LogP contribution in [-0.4, -0.2) is 41.0 Å². The summed E-state index contributed by atoms with van der Waals surface area (Å²) >= 11 is 0. The molecule has 0 radical (unpaired) electrons. The number of ether oxygens (including phenoxy) is 2. The van der Waals surface area contributed by atoms with Crippen LogP contribution in [0.3, 0.4) is 0 Å². The number of allylic oxidation sites excluding steroid dienone is 10. The molecule has 0 aromatic carbocycles. The molecule has 0 rings (SSSR count). The number of esters is 2. The minimum absolute atomic E-state index is 0.183. The predicted octanol–water partition coefficient (Wildman–Crippen LogP) is 13.3. The maximum Gasteiger partial charge on any atom is 0.469 e. The maximum atomic E-state index is 12.4. The molecule has 0 aromatic heterocycles. The van der Waals surface area contributed by atoms with E-state index in [1.54, 1.807) is 0 Å². The number of carbonyl (C=O) groups excluding carboxylic acids is 2. The molecule has 1 atom stereocenters. The number of carbonyl (C=O) groups is 2. The summed E-state index contributed by atoms with van der Waals surface area (Å²) in [6.07, 6.45) is 50.8. The molecule has 0 amide bonds. The molecule has 312 valence electrons. The Hall–Kier alpha value is -2.25. The average Bonchev–Trinajstić information content (AvgIpc) is 3.14. The van der Waals surface area contributed by atoms with Crippen molar-refractivity contribution in [2.24, 2.45) is 0 Å². The molecular weight excluding hydrogens is 699 g/mol. The van der Waals surface area contributed by atoms with Crippen molar-refractivity contribution >= 4 is 19.8 Å². The molecule has 0 heterocycles. The van der Waals surface area contributed by atoms with Gasteiger partial charge in [-0.25, -0.2) is 4.57 Å². The van der Waals surface area contributed by atoms with E-state index >= 15 is 0 Å². The Bertz CT molecular complexity index is 1060. The maximum absolute atomic E-state index is 12.4. The third kappa shape index (κ3) is 42.5. The quantitative estimate of drug-likeness (QED) is 0.0274. The Morgan fingerprint density at radius 3 is 1.24 bits per heavy atom. The first-order chi connectivity index (χ1) is 26.3. The summed E-state index contributed by atoms with van der Waals surface area (Å²) in [6.45, 7) is 3.61. The molecule has 0 aliphatic carbocycles. The van der Waals surface area contributed by atoms with E-state index in [9.17, 15) is 14.2 Å². The van der Waals surface area contributed by atoms with Gasteiger partial charge in [0.25, 0.3) is 0 Å². The van der Waals surface area contributed by atoms with E-state index in [1.807, 2.05) is 0 Å². The molecule has 0 saturated heterocycles. The number of phosphoric ester groups is 1. The number of hydrogen-bond acceptors (Lipinski definition) is 6. The van der Waals surface area contributed by atoms with Crippen LogP contribution in [0.25, 0.3) is 0 Å². The van der Waals surface area contributed by atoms with Gasteiger partial charge in [-0.05, 0) is 83.5 Å². The van der Waals surface area contributed by atoms with Crippen LogP contribution < -0.4 is 0 Å². The van der Waals surface area contributed by atoms with Gasteiger partial charge in [-0.2, -0.15) is 0 Å². The van der Waals surface area contributed by atoms with Gasteiger partial charge in [0.15, 0.2) is 6.10 Å². The first-order valence-electron chi connectivity index (χ1n) is 21.6. The van der Waals surface area contributed by atoms with E-state index in [-0.39, 0.29) is 19.4 Å². The highest BCUT2D eigenvalue weighted by Gasteiger charge is 2.22. The smallest absolute Gasteiger partial charge is 0.462 e. The number of hydrogen-bond donors (Lipinski definition) is 2. The zero-order chi connectivity index (χ0) is 39.6. The van der Waals surface area contributed by atoms with Crippen LogP contribution >= 0.6 is 7.82 Å². The summed E-state index contributed by atoms with van der Waals surface area (Å²) in [6, 6.07) is 0. The van der Waals surface area contributed by atoms with E-state index in [1.165, 1.54) is 83.5 Å². The standard InChI is InChI=1S/C45H79O8P/c1-3-5-7-9-11-13-15-17-19-21-22-24-25-27-29-31-33-35-37-39-44(46)51-41-43(42-52-54(48,49)50)53-45(47)40-38-36-34-32-30-28-26-23-20-18-16-14-12-10-8-6-4-2/h11-14,17-20,26,28,43H,3-10,15-16,21-25,27,29-42H2,1-2H3,(H2,48,49,50)/b13-11+,14-12+,19-17+,20-18+,28-26+/t43-/m1/s1. The van der Waals surface area contributed by atoms with Crippen molar-refractivity contribution in [3.63, 3.8) is 0 Å². The zero-order valence-electron chi connectivity index (χ0n) is 34.4. The van der Waals surface area contributed by atoms with Crippen molar-refractivity contribution < 1.29 is 37.9 Å². The Kier molecular flexibility index (Phi) is 38.7. The summed E-state index contributed by atoms with van der Waals surface area (Å²) in [5.41, 5.74) is 0. The Morgan fingerprint density at radius 2 is 0.833 bits per heavy atom. The fraction of sp³-hybridized carbons (Fsp3) is 0.733. The highest BCUT2D eigenvalue weighted by molar-refractivity contribution is 7.46. The topological polar surface area (TPSA) is 119 Å². The fourth-order valence-corrected chi connectivity index (χ4v) is 6.12. The second-order valence-electron chi connectivity index (χ2n) is 14.3. The molecule has 2 N–H and O–H groups in total.